The van der Waals surface area contributed by atoms with Gasteiger partial charge in [0.05, 0.1) is 6.54 Å². The highest BCUT2D eigenvalue weighted by Crippen LogP contribution is 2.17. The number of nitrogens with one attached hydrogen (secondary N) is 1. The first-order valence-corrected chi connectivity index (χ1v) is 7.75. The van der Waals surface area contributed by atoms with Gasteiger partial charge in [0, 0.05) is 10.4 Å². The molecule has 3 N–H and O–H groups in total. The normalized spacial score (nSPS) is 10.5. The van der Waals surface area contributed by atoms with E-state index in [1.165, 1.54) is 10.4 Å². The number of benzene rings is 1. The average Bonchev–Trinajstić information content (AvgIpc) is 2.93. The van der Waals surface area contributed by atoms with Crippen LogP contribution in [0.15, 0.2) is 35.7 Å². The maximum absolute atomic E-state index is 12.3. The maximum Gasteiger partial charge on any atom is 0.251 e. The van der Waals surface area contributed by atoms with Crippen molar-refractivity contribution in [3.63, 3.8) is 0 Å². The highest BCUT2D eigenvalue weighted by atomic mass is 32.1. The van der Waals surface area contributed by atoms with Crippen LogP contribution in [0.3, 0.4) is 0 Å². The molecule has 3 nitrogen and oxygen atoms in total. The van der Waals surface area contributed by atoms with Crippen LogP contribution >= 0.6 is 11.3 Å². The first kappa shape index (κ1) is 14.8. The molecular weight excluding hydrogens is 268 g/mol. The van der Waals surface area contributed by atoms with Crippen LogP contribution in [0.1, 0.15) is 33.3 Å². The zero-order chi connectivity index (χ0) is 14.4. The monoisotopic (exact) mass is 288 g/mol. The zero-order valence-electron chi connectivity index (χ0n) is 11.7. The fourth-order valence-electron chi connectivity index (χ4n) is 2.21. The first-order chi connectivity index (χ1) is 9.76. The van der Waals surface area contributed by atoms with Gasteiger partial charge in [-0.25, -0.2) is 0 Å². The summed E-state index contributed by atoms with van der Waals surface area (Å²) >= 11 is 1.69. The number of thiophene rings is 1. The second-order valence-corrected chi connectivity index (χ2v) is 5.60. The minimum Gasteiger partial charge on any atom is -0.347 e. The topological polar surface area (TPSA) is 55.1 Å². The summed E-state index contributed by atoms with van der Waals surface area (Å²) in [6.07, 6.45) is 1.72. The summed E-state index contributed by atoms with van der Waals surface area (Å²) in [4.78, 5) is 13.5. The van der Waals surface area contributed by atoms with Gasteiger partial charge >= 0.3 is 0 Å². The van der Waals surface area contributed by atoms with Gasteiger partial charge in [-0.1, -0.05) is 25.1 Å². The van der Waals surface area contributed by atoms with Crippen LogP contribution in [0.2, 0.25) is 0 Å². The van der Waals surface area contributed by atoms with E-state index in [0.29, 0.717) is 13.1 Å². The summed E-state index contributed by atoms with van der Waals surface area (Å²) in [7, 11) is 0. The molecule has 0 fully saturated rings. The molecule has 2 aromatic rings. The van der Waals surface area contributed by atoms with Gasteiger partial charge in [-0.05, 0) is 48.0 Å². The second kappa shape index (κ2) is 7.22. The molecule has 0 aliphatic rings. The molecule has 1 aromatic carbocycles. The van der Waals surface area contributed by atoms with Crippen LogP contribution in [0.5, 0.6) is 0 Å². The van der Waals surface area contributed by atoms with Crippen molar-refractivity contribution in [1.29, 1.82) is 0 Å². The Morgan fingerprint density at radius 1 is 1.25 bits per heavy atom. The van der Waals surface area contributed by atoms with Crippen LogP contribution < -0.4 is 11.1 Å². The molecule has 0 spiro atoms. The number of hydrogen-bond acceptors (Lipinski definition) is 3. The van der Waals surface area contributed by atoms with Crippen LogP contribution in [-0.2, 0) is 19.4 Å². The summed E-state index contributed by atoms with van der Waals surface area (Å²) in [6.45, 7) is 3.27. The van der Waals surface area contributed by atoms with Crippen molar-refractivity contribution in [3.05, 3.63) is 57.3 Å². The van der Waals surface area contributed by atoms with Gasteiger partial charge < -0.3 is 11.1 Å². The molecule has 0 atom stereocenters. The Bertz CT molecular complexity index is 577. The molecular formula is C16H20N2OS. The van der Waals surface area contributed by atoms with Gasteiger partial charge in [0.25, 0.3) is 5.91 Å². The lowest BCUT2D eigenvalue weighted by Crippen LogP contribution is -2.24. The second-order valence-electron chi connectivity index (χ2n) is 4.60. The molecule has 2 rings (SSSR count). The smallest absolute Gasteiger partial charge is 0.251 e. The Morgan fingerprint density at radius 2 is 2.05 bits per heavy atom. The van der Waals surface area contributed by atoms with E-state index in [0.717, 1.165) is 24.0 Å². The average molecular weight is 288 g/mol. The van der Waals surface area contributed by atoms with Crippen molar-refractivity contribution in [2.24, 2.45) is 5.73 Å². The largest absolute Gasteiger partial charge is 0.347 e. The summed E-state index contributed by atoms with van der Waals surface area (Å²) in [5.41, 5.74) is 8.64. The van der Waals surface area contributed by atoms with Crippen molar-refractivity contribution >= 4 is 17.2 Å². The van der Waals surface area contributed by atoms with Gasteiger partial charge in [0.2, 0.25) is 0 Å². The maximum atomic E-state index is 12.3. The highest BCUT2D eigenvalue weighted by molar-refractivity contribution is 7.10. The van der Waals surface area contributed by atoms with E-state index in [1.54, 1.807) is 11.3 Å². The van der Waals surface area contributed by atoms with E-state index in [-0.39, 0.29) is 5.91 Å². The van der Waals surface area contributed by atoms with E-state index in [4.69, 9.17) is 5.73 Å². The van der Waals surface area contributed by atoms with E-state index in [2.05, 4.69) is 23.7 Å². The van der Waals surface area contributed by atoms with Crippen LogP contribution in [-0.4, -0.2) is 12.5 Å². The predicted molar refractivity (Wildman–Crippen MR) is 84.1 cm³/mol. The lowest BCUT2D eigenvalue weighted by atomic mass is 10.0. The summed E-state index contributed by atoms with van der Waals surface area (Å²) in [6, 6.07) is 9.77. The molecule has 4 heteroatoms. The third-order valence-electron chi connectivity index (χ3n) is 3.30. The standard InChI is InChI=1S/C16H20N2OS/c1-2-12-8-10-20-15(12)11-18-16(19)14-6-4-3-5-13(14)7-9-17/h3-6,8,10H,2,7,9,11,17H2,1H3,(H,18,19). The molecule has 0 saturated carbocycles. The Labute approximate surface area is 123 Å². The van der Waals surface area contributed by atoms with E-state index in [1.807, 2.05) is 24.3 Å². The van der Waals surface area contributed by atoms with Gasteiger partial charge in [0.1, 0.15) is 0 Å². The minimum atomic E-state index is -0.0236. The number of hydrogen-bond donors (Lipinski definition) is 2. The summed E-state index contributed by atoms with van der Waals surface area (Å²) in [5.74, 6) is -0.0236. The van der Waals surface area contributed by atoms with Crippen molar-refractivity contribution in [2.75, 3.05) is 6.54 Å². The molecule has 0 radical (unpaired) electrons. The van der Waals surface area contributed by atoms with Crippen molar-refractivity contribution in [1.82, 2.24) is 5.32 Å². The van der Waals surface area contributed by atoms with Crippen LogP contribution in [0, 0.1) is 0 Å². The molecule has 0 saturated heterocycles. The van der Waals surface area contributed by atoms with Gasteiger partial charge in [0.15, 0.2) is 0 Å². The van der Waals surface area contributed by atoms with E-state index in [9.17, 15) is 4.79 Å². The SMILES string of the molecule is CCc1ccsc1CNC(=O)c1ccccc1CCN. The van der Waals surface area contributed by atoms with Gasteiger partial charge in [-0.2, -0.15) is 0 Å². The van der Waals surface area contributed by atoms with Crippen molar-refractivity contribution < 1.29 is 4.79 Å². The minimum absolute atomic E-state index is 0.0236. The number of rotatable bonds is 6. The molecule has 0 bridgehead atoms. The molecule has 1 amide bonds. The summed E-state index contributed by atoms with van der Waals surface area (Å²) < 4.78 is 0. The molecule has 1 aromatic heterocycles. The zero-order valence-corrected chi connectivity index (χ0v) is 12.5. The van der Waals surface area contributed by atoms with Crippen LogP contribution in [0.4, 0.5) is 0 Å². The van der Waals surface area contributed by atoms with Gasteiger partial charge in [-0.3, -0.25) is 4.79 Å². The molecule has 1 heterocycles. The molecule has 106 valence electrons. The molecule has 0 aliphatic heterocycles. The Hall–Kier alpha value is -1.65. The number of nitrogens with two attached hydrogens (primary N) is 1. The summed E-state index contributed by atoms with van der Waals surface area (Å²) in [5, 5.41) is 5.08. The lowest BCUT2D eigenvalue weighted by molar-refractivity contribution is 0.0950. The molecule has 0 aliphatic carbocycles. The van der Waals surface area contributed by atoms with Gasteiger partial charge in [-0.15, -0.1) is 11.3 Å². The fourth-order valence-corrected chi connectivity index (χ4v) is 3.12. The number of carbonyl (C=O) groups excluding carboxylic acids is 1. The lowest BCUT2D eigenvalue weighted by Gasteiger charge is -2.09. The highest BCUT2D eigenvalue weighted by Gasteiger charge is 2.11. The third-order valence-corrected chi connectivity index (χ3v) is 4.27. The Morgan fingerprint density at radius 3 is 2.80 bits per heavy atom. The van der Waals surface area contributed by atoms with Crippen molar-refractivity contribution in [2.45, 2.75) is 26.3 Å². The van der Waals surface area contributed by atoms with Crippen LogP contribution in [0.25, 0.3) is 0 Å². The van der Waals surface area contributed by atoms with E-state index >= 15 is 0 Å². The van der Waals surface area contributed by atoms with E-state index < -0.39 is 0 Å². The number of carbonyl (C=O) groups is 1. The Balaban J connectivity index is 2.05. The first-order valence-electron chi connectivity index (χ1n) is 6.87. The fraction of sp³-hybridized carbons (Fsp3) is 0.312. The Kier molecular flexibility index (Phi) is 5.32. The van der Waals surface area contributed by atoms with Crippen molar-refractivity contribution in [3.8, 4) is 0 Å². The predicted octanol–water partition coefficient (Wildman–Crippen LogP) is 2.74. The number of amides is 1. The quantitative estimate of drug-likeness (QED) is 0.858. The third kappa shape index (κ3) is 3.46. The number of aryl methyl sites for hydroxylation is 1. The molecule has 0 unspecified atom stereocenters. The molecule has 20 heavy (non-hydrogen) atoms.